The molecule has 17 heavy (non-hydrogen) atoms. The fourth-order valence-corrected chi connectivity index (χ4v) is 3.53. The summed E-state index contributed by atoms with van der Waals surface area (Å²) in [5.74, 6) is 1.75. The van der Waals surface area contributed by atoms with E-state index in [0.29, 0.717) is 0 Å². The Bertz CT molecular complexity index is 222. The number of hydrogen-bond donors (Lipinski definition) is 1. The Hall–Kier alpha value is -0.120. The first kappa shape index (κ1) is 13.3. The van der Waals surface area contributed by atoms with E-state index in [1.54, 1.807) is 0 Å². The Morgan fingerprint density at radius 2 is 2.12 bits per heavy atom. The monoisotopic (exact) mass is 239 g/mol. The highest BCUT2D eigenvalue weighted by Gasteiger charge is 2.32. The van der Waals surface area contributed by atoms with Crippen molar-refractivity contribution in [2.24, 2.45) is 11.8 Å². The van der Waals surface area contributed by atoms with Gasteiger partial charge in [0.15, 0.2) is 0 Å². The van der Waals surface area contributed by atoms with Gasteiger partial charge in [-0.15, -0.1) is 0 Å². The van der Waals surface area contributed by atoms with Crippen LogP contribution in [0.4, 0.5) is 0 Å². The van der Waals surface area contributed by atoms with E-state index in [0.717, 1.165) is 17.9 Å². The van der Waals surface area contributed by atoms with Gasteiger partial charge in [-0.25, -0.2) is 0 Å². The summed E-state index contributed by atoms with van der Waals surface area (Å²) >= 11 is 0. The predicted molar refractivity (Wildman–Crippen MR) is 73.3 cm³/mol. The fraction of sp³-hybridized carbons (Fsp3) is 1.00. The van der Waals surface area contributed by atoms with Gasteiger partial charge >= 0.3 is 0 Å². The molecule has 100 valence electrons. The largest absolute Gasteiger partial charge is 0.315 e. The van der Waals surface area contributed by atoms with Crippen molar-refractivity contribution >= 4 is 0 Å². The molecule has 3 atom stereocenters. The molecule has 3 heteroatoms. The molecule has 2 rings (SSSR count). The normalized spacial score (nSPS) is 36.4. The van der Waals surface area contributed by atoms with E-state index < -0.39 is 0 Å². The molecular formula is C14H29N3. The SMILES string of the molecule is CC1CCCN(C2CNCCC2CN(C)C)C1. The standard InChI is InChI=1S/C14H29N3/c1-12-5-4-8-17(10-12)14-9-15-7-6-13(14)11-16(2)3/h12-15H,4-11H2,1-3H3. The molecule has 0 aromatic rings. The topological polar surface area (TPSA) is 18.5 Å². The number of nitrogens with one attached hydrogen (secondary N) is 1. The van der Waals surface area contributed by atoms with Gasteiger partial charge in [0.1, 0.15) is 0 Å². The minimum atomic E-state index is 0.772. The van der Waals surface area contributed by atoms with Gasteiger partial charge in [-0.1, -0.05) is 6.92 Å². The molecule has 0 aliphatic carbocycles. The second-order valence-electron chi connectivity index (χ2n) is 6.32. The van der Waals surface area contributed by atoms with Crippen molar-refractivity contribution in [1.29, 1.82) is 0 Å². The number of nitrogens with zero attached hydrogens (tertiary/aromatic N) is 2. The zero-order chi connectivity index (χ0) is 12.3. The van der Waals surface area contributed by atoms with Crippen LogP contribution in [0.3, 0.4) is 0 Å². The minimum Gasteiger partial charge on any atom is -0.315 e. The molecule has 3 nitrogen and oxygen atoms in total. The van der Waals surface area contributed by atoms with Gasteiger partial charge in [-0.05, 0) is 58.3 Å². The molecule has 2 aliphatic rings. The van der Waals surface area contributed by atoms with Gasteiger partial charge in [0.25, 0.3) is 0 Å². The number of rotatable bonds is 3. The van der Waals surface area contributed by atoms with Crippen molar-refractivity contribution in [1.82, 2.24) is 15.1 Å². The Morgan fingerprint density at radius 1 is 1.29 bits per heavy atom. The summed E-state index contributed by atoms with van der Waals surface area (Å²) in [4.78, 5) is 5.12. The Labute approximate surface area is 107 Å². The van der Waals surface area contributed by atoms with Crippen LogP contribution in [-0.2, 0) is 0 Å². The molecule has 2 saturated heterocycles. The average Bonchev–Trinajstić information content (AvgIpc) is 2.29. The van der Waals surface area contributed by atoms with Crippen LogP contribution in [0.25, 0.3) is 0 Å². The first-order valence-electron chi connectivity index (χ1n) is 7.26. The first-order valence-corrected chi connectivity index (χ1v) is 7.26. The van der Waals surface area contributed by atoms with E-state index in [2.05, 4.69) is 36.1 Å². The van der Waals surface area contributed by atoms with E-state index in [1.165, 1.54) is 52.0 Å². The van der Waals surface area contributed by atoms with Crippen molar-refractivity contribution in [3.05, 3.63) is 0 Å². The third kappa shape index (κ3) is 3.67. The third-order valence-electron chi connectivity index (χ3n) is 4.35. The van der Waals surface area contributed by atoms with E-state index in [4.69, 9.17) is 0 Å². The highest BCUT2D eigenvalue weighted by Crippen LogP contribution is 2.24. The quantitative estimate of drug-likeness (QED) is 0.800. The maximum Gasteiger partial charge on any atom is 0.0261 e. The highest BCUT2D eigenvalue weighted by molar-refractivity contribution is 4.88. The molecule has 0 bridgehead atoms. The lowest BCUT2D eigenvalue weighted by molar-refractivity contribution is 0.0632. The molecule has 0 spiro atoms. The molecule has 0 aromatic heterocycles. The van der Waals surface area contributed by atoms with Crippen LogP contribution in [0.1, 0.15) is 26.2 Å². The average molecular weight is 239 g/mol. The molecule has 1 N–H and O–H groups in total. The zero-order valence-electron chi connectivity index (χ0n) is 11.8. The Morgan fingerprint density at radius 3 is 2.82 bits per heavy atom. The lowest BCUT2D eigenvalue weighted by Gasteiger charge is -2.44. The molecule has 2 aliphatic heterocycles. The molecule has 0 radical (unpaired) electrons. The number of piperidine rings is 2. The smallest absolute Gasteiger partial charge is 0.0261 e. The minimum absolute atomic E-state index is 0.772. The summed E-state index contributed by atoms with van der Waals surface area (Å²) < 4.78 is 0. The zero-order valence-corrected chi connectivity index (χ0v) is 11.8. The number of likely N-dealkylation sites (tertiary alicyclic amines) is 1. The van der Waals surface area contributed by atoms with Gasteiger partial charge < -0.3 is 10.2 Å². The summed E-state index contributed by atoms with van der Waals surface area (Å²) in [6, 6.07) is 0.772. The van der Waals surface area contributed by atoms with E-state index in [-0.39, 0.29) is 0 Å². The van der Waals surface area contributed by atoms with Crippen molar-refractivity contribution in [3.8, 4) is 0 Å². The summed E-state index contributed by atoms with van der Waals surface area (Å²) in [5.41, 5.74) is 0. The van der Waals surface area contributed by atoms with Gasteiger partial charge in [-0.3, -0.25) is 4.90 Å². The van der Waals surface area contributed by atoms with Crippen LogP contribution >= 0.6 is 0 Å². The maximum absolute atomic E-state index is 3.59. The molecule has 2 heterocycles. The van der Waals surface area contributed by atoms with Crippen LogP contribution in [0.15, 0.2) is 0 Å². The molecule has 3 unspecified atom stereocenters. The van der Waals surface area contributed by atoms with Gasteiger partial charge in [0, 0.05) is 25.7 Å². The molecule has 0 aromatic carbocycles. The highest BCUT2D eigenvalue weighted by atomic mass is 15.2. The lowest BCUT2D eigenvalue weighted by Crippen LogP contribution is -2.55. The molecular weight excluding hydrogens is 210 g/mol. The van der Waals surface area contributed by atoms with Crippen molar-refractivity contribution in [2.45, 2.75) is 32.2 Å². The van der Waals surface area contributed by atoms with Crippen molar-refractivity contribution in [2.75, 3.05) is 46.8 Å². The van der Waals surface area contributed by atoms with Crippen molar-refractivity contribution < 1.29 is 0 Å². The van der Waals surface area contributed by atoms with Crippen LogP contribution < -0.4 is 5.32 Å². The molecule has 0 saturated carbocycles. The van der Waals surface area contributed by atoms with E-state index in [1.807, 2.05) is 0 Å². The third-order valence-corrected chi connectivity index (χ3v) is 4.35. The lowest BCUT2D eigenvalue weighted by atomic mass is 9.88. The van der Waals surface area contributed by atoms with Crippen LogP contribution in [0.2, 0.25) is 0 Å². The van der Waals surface area contributed by atoms with E-state index in [9.17, 15) is 0 Å². The van der Waals surface area contributed by atoms with Crippen molar-refractivity contribution in [3.63, 3.8) is 0 Å². The summed E-state index contributed by atoms with van der Waals surface area (Å²) in [7, 11) is 4.41. The summed E-state index contributed by atoms with van der Waals surface area (Å²) in [6.45, 7) is 8.70. The number of hydrogen-bond acceptors (Lipinski definition) is 3. The van der Waals surface area contributed by atoms with E-state index >= 15 is 0 Å². The van der Waals surface area contributed by atoms with Crippen LogP contribution in [0.5, 0.6) is 0 Å². The molecule has 0 amide bonds. The predicted octanol–water partition coefficient (Wildman–Crippen LogP) is 1.26. The second kappa shape index (κ2) is 6.17. The maximum atomic E-state index is 3.59. The second-order valence-corrected chi connectivity index (χ2v) is 6.32. The van der Waals surface area contributed by atoms with Crippen LogP contribution in [0, 0.1) is 11.8 Å². The first-order chi connectivity index (χ1) is 8.16. The Kier molecular flexibility index (Phi) is 4.83. The van der Waals surface area contributed by atoms with Gasteiger partial charge in [0.05, 0.1) is 0 Å². The Balaban J connectivity index is 1.94. The summed E-state index contributed by atoms with van der Waals surface area (Å²) in [5, 5.41) is 3.59. The molecule has 2 fully saturated rings. The van der Waals surface area contributed by atoms with Crippen LogP contribution in [-0.4, -0.2) is 62.7 Å². The van der Waals surface area contributed by atoms with Gasteiger partial charge in [-0.2, -0.15) is 0 Å². The van der Waals surface area contributed by atoms with Gasteiger partial charge in [0.2, 0.25) is 0 Å². The fourth-order valence-electron chi connectivity index (χ4n) is 3.53. The summed E-state index contributed by atoms with van der Waals surface area (Å²) in [6.07, 6.45) is 4.16.